The van der Waals surface area contributed by atoms with Gasteiger partial charge in [0.2, 0.25) is 0 Å². The van der Waals surface area contributed by atoms with Gasteiger partial charge in [0.05, 0.1) is 16.7 Å². The van der Waals surface area contributed by atoms with Gasteiger partial charge in [0.15, 0.2) is 0 Å². The van der Waals surface area contributed by atoms with Gasteiger partial charge in [-0.05, 0) is 37.6 Å². The Labute approximate surface area is 149 Å². The first-order valence-corrected chi connectivity index (χ1v) is 8.20. The van der Waals surface area contributed by atoms with Crippen LogP contribution in [0.3, 0.4) is 0 Å². The molecule has 126 valence electrons. The van der Waals surface area contributed by atoms with Crippen LogP contribution in [0.2, 0.25) is 10.0 Å². The van der Waals surface area contributed by atoms with E-state index >= 15 is 0 Å². The molecule has 0 radical (unpaired) electrons. The summed E-state index contributed by atoms with van der Waals surface area (Å²) in [7, 11) is 0. The van der Waals surface area contributed by atoms with Gasteiger partial charge in [-0.15, -0.1) is 12.4 Å². The maximum atomic E-state index is 12.1. The number of benzene rings is 1. The van der Waals surface area contributed by atoms with Crippen LogP contribution in [-0.2, 0) is 9.53 Å². The fourth-order valence-electron chi connectivity index (χ4n) is 2.05. The molecule has 1 unspecified atom stereocenters. The Morgan fingerprint density at radius 2 is 1.91 bits per heavy atom. The molecule has 0 aliphatic rings. The highest BCUT2D eigenvalue weighted by molar-refractivity contribution is 6.42. The second-order valence-electron chi connectivity index (χ2n) is 4.87. The topological polar surface area (TPSA) is 38.3 Å². The molecule has 0 amide bonds. The SMILES string of the molecule is CCCCCCNC(C(=O)OCC)c1ccc(Cl)c(Cl)c1.Cl. The van der Waals surface area contributed by atoms with Gasteiger partial charge < -0.3 is 10.1 Å². The van der Waals surface area contributed by atoms with Crippen LogP contribution in [0.4, 0.5) is 0 Å². The van der Waals surface area contributed by atoms with E-state index in [1.165, 1.54) is 12.8 Å². The van der Waals surface area contributed by atoms with Crippen molar-refractivity contribution >= 4 is 41.6 Å². The third-order valence-corrected chi connectivity index (χ3v) is 3.92. The maximum absolute atomic E-state index is 12.1. The van der Waals surface area contributed by atoms with Crippen LogP contribution in [0.15, 0.2) is 18.2 Å². The van der Waals surface area contributed by atoms with Crippen LogP contribution >= 0.6 is 35.6 Å². The highest BCUT2D eigenvalue weighted by atomic mass is 35.5. The molecule has 0 aliphatic heterocycles. The molecule has 0 heterocycles. The molecule has 6 heteroatoms. The first-order chi connectivity index (χ1) is 10.1. The lowest BCUT2D eigenvalue weighted by Gasteiger charge is -2.18. The van der Waals surface area contributed by atoms with Crippen molar-refractivity contribution in [3.63, 3.8) is 0 Å². The zero-order valence-electron chi connectivity index (χ0n) is 13.0. The summed E-state index contributed by atoms with van der Waals surface area (Å²) in [6, 6.07) is 4.71. The first kappa shape index (κ1) is 21.5. The fourth-order valence-corrected chi connectivity index (χ4v) is 2.36. The van der Waals surface area contributed by atoms with Crippen LogP contribution in [-0.4, -0.2) is 19.1 Å². The molecule has 1 aromatic rings. The molecule has 1 aromatic carbocycles. The molecule has 22 heavy (non-hydrogen) atoms. The van der Waals surface area contributed by atoms with Crippen molar-refractivity contribution in [2.75, 3.05) is 13.2 Å². The number of hydrogen-bond acceptors (Lipinski definition) is 3. The van der Waals surface area contributed by atoms with Gasteiger partial charge in [-0.3, -0.25) is 0 Å². The minimum Gasteiger partial charge on any atom is -0.465 e. The molecule has 0 spiro atoms. The van der Waals surface area contributed by atoms with Gasteiger partial charge in [0.25, 0.3) is 0 Å². The fraction of sp³-hybridized carbons (Fsp3) is 0.562. The maximum Gasteiger partial charge on any atom is 0.327 e. The lowest BCUT2D eigenvalue weighted by atomic mass is 10.1. The lowest BCUT2D eigenvalue weighted by Crippen LogP contribution is -2.31. The van der Waals surface area contributed by atoms with Crippen molar-refractivity contribution in [1.82, 2.24) is 5.32 Å². The average molecular weight is 369 g/mol. The molecule has 0 bridgehead atoms. The van der Waals surface area contributed by atoms with Crippen molar-refractivity contribution in [2.45, 2.75) is 45.6 Å². The van der Waals surface area contributed by atoms with E-state index in [4.69, 9.17) is 27.9 Å². The molecule has 1 N–H and O–H groups in total. The van der Waals surface area contributed by atoms with Crippen LogP contribution in [0.5, 0.6) is 0 Å². The monoisotopic (exact) mass is 367 g/mol. The summed E-state index contributed by atoms with van der Waals surface area (Å²) in [6.45, 7) is 5.09. The standard InChI is InChI=1S/C16H23Cl2NO2.ClH/c1-3-5-6-7-10-19-15(16(20)21-4-2)12-8-9-13(17)14(18)11-12;/h8-9,11,15,19H,3-7,10H2,1-2H3;1H. The molecule has 0 aromatic heterocycles. The number of ether oxygens (including phenoxy) is 1. The Morgan fingerprint density at radius 3 is 2.50 bits per heavy atom. The number of rotatable bonds is 9. The minimum atomic E-state index is -0.499. The molecule has 3 nitrogen and oxygen atoms in total. The zero-order chi connectivity index (χ0) is 15.7. The van der Waals surface area contributed by atoms with Gasteiger partial charge in [-0.25, -0.2) is 4.79 Å². The van der Waals surface area contributed by atoms with Gasteiger partial charge >= 0.3 is 5.97 Å². The van der Waals surface area contributed by atoms with Crippen LogP contribution in [0, 0.1) is 0 Å². The summed E-state index contributed by atoms with van der Waals surface area (Å²) < 4.78 is 5.13. The lowest BCUT2D eigenvalue weighted by molar-refractivity contribution is -0.145. The van der Waals surface area contributed by atoms with E-state index in [9.17, 15) is 4.79 Å². The second-order valence-corrected chi connectivity index (χ2v) is 5.69. The van der Waals surface area contributed by atoms with E-state index in [0.29, 0.717) is 16.7 Å². The third-order valence-electron chi connectivity index (χ3n) is 3.18. The molecule has 1 rings (SSSR count). The van der Waals surface area contributed by atoms with Gasteiger partial charge in [-0.2, -0.15) is 0 Å². The molecule has 0 aliphatic carbocycles. The first-order valence-electron chi connectivity index (χ1n) is 7.45. The van der Waals surface area contributed by atoms with E-state index in [1.807, 2.05) is 0 Å². The minimum absolute atomic E-state index is 0. The Balaban J connectivity index is 0.00000441. The van der Waals surface area contributed by atoms with Crippen molar-refractivity contribution < 1.29 is 9.53 Å². The number of nitrogens with one attached hydrogen (secondary N) is 1. The Kier molecular flexibility index (Phi) is 11.7. The number of unbranched alkanes of at least 4 members (excludes halogenated alkanes) is 3. The zero-order valence-corrected chi connectivity index (χ0v) is 15.4. The number of halogens is 3. The van der Waals surface area contributed by atoms with E-state index < -0.39 is 6.04 Å². The largest absolute Gasteiger partial charge is 0.465 e. The number of hydrogen-bond donors (Lipinski definition) is 1. The van der Waals surface area contributed by atoms with Gasteiger partial charge in [-0.1, -0.05) is 55.5 Å². The van der Waals surface area contributed by atoms with Crippen molar-refractivity contribution in [1.29, 1.82) is 0 Å². The average Bonchev–Trinajstić information content (AvgIpc) is 2.46. The quantitative estimate of drug-likeness (QED) is 0.481. The van der Waals surface area contributed by atoms with Crippen molar-refractivity contribution in [3.05, 3.63) is 33.8 Å². The highest BCUT2D eigenvalue weighted by Gasteiger charge is 2.21. The summed E-state index contributed by atoms with van der Waals surface area (Å²) in [6.07, 6.45) is 4.58. The van der Waals surface area contributed by atoms with Gasteiger partial charge in [0.1, 0.15) is 6.04 Å². The molecule has 0 fully saturated rings. The molecular formula is C16H24Cl3NO2. The Bertz CT molecular complexity index is 455. The van der Waals surface area contributed by atoms with E-state index in [0.717, 1.165) is 24.9 Å². The molecule has 1 atom stereocenters. The van der Waals surface area contributed by atoms with E-state index in [1.54, 1.807) is 25.1 Å². The molecule has 0 saturated heterocycles. The summed E-state index contributed by atoms with van der Waals surface area (Å²) in [5.74, 6) is -0.286. The van der Waals surface area contributed by atoms with Crippen LogP contribution in [0.25, 0.3) is 0 Å². The van der Waals surface area contributed by atoms with Crippen molar-refractivity contribution in [2.24, 2.45) is 0 Å². The summed E-state index contributed by atoms with van der Waals surface area (Å²) in [5, 5.41) is 4.17. The second kappa shape index (κ2) is 12.0. The van der Waals surface area contributed by atoms with E-state index in [-0.39, 0.29) is 18.4 Å². The van der Waals surface area contributed by atoms with Crippen LogP contribution in [0.1, 0.15) is 51.1 Å². The normalized spacial score (nSPS) is 11.6. The van der Waals surface area contributed by atoms with Crippen molar-refractivity contribution in [3.8, 4) is 0 Å². The number of carbonyl (C=O) groups is 1. The Morgan fingerprint density at radius 1 is 1.18 bits per heavy atom. The number of carbonyl (C=O) groups excluding carboxylic acids is 1. The molecule has 0 saturated carbocycles. The highest BCUT2D eigenvalue weighted by Crippen LogP contribution is 2.26. The smallest absolute Gasteiger partial charge is 0.327 e. The van der Waals surface area contributed by atoms with Gasteiger partial charge in [0, 0.05) is 0 Å². The Hall–Kier alpha value is -0.480. The van der Waals surface area contributed by atoms with E-state index in [2.05, 4.69) is 12.2 Å². The predicted molar refractivity (Wildman–Crippen MR) is 95.2 cm³/mol. The van der Waals surface area contributed by atoms with Crippen LogP contribution < -0.4 is 5.32 Å². The third kappa shape index (κ3) is 7.19. The summed E-state index contributed by atoms with van der Waals surface area (Å²) in [4.78, 5) is 12.1. The summed E-state index contributed by atoms with van der Waals surface area (Å²) >= 11 is 11.9. The molecular weight excluding hydrogens is 345 g/mol. The summed E-state index contributed by atoms with van der Waals surface area (Å²) in [5.41, 5.74) is 0.776. The number of esters is 1. The predicted octanol–water partition coefficient (Wildman–Crippen LogP) is 5.19.